The van der Waals surface area contributed by atoms with E-state index in [4.69, 9.17) is 0 Å². The smallest absolute Gasteiger partial charge is 0.319 e. The monoisotopic (exact) mass is 212 g/mol. The standard InChI is InChI=1S/C10H16N2OS/c1-2-3-4-5-8-9-7(6-14-8)11-10(13)12-9/h7H,2-6H2,1H3,(H2,11,12,13). The Bertz CT molecular complexity index is 275. The zero-order valence-corrected chi connectivity index (χ0v) is 9.25. The van der Waals surface area contributed by atoms with Crippen LogP contribution in [0.2, 0.25) is 0 Å². The predicted octanol–water partition coefficient (Wildman–Crippen LogP) is 2.21. The number of carbonyl (C=O) groups is 1. The first-order valence-corrected chi connectivity index (χ1v) is 6.23. The third-order valence-corrected chi connectivity index (χ3v) is 3.91. The van der Waals surface area contributed by atoms with Gasteiger partial charge in [0.2, 0.25) is 0 Å². The Morgan fingerprint density at radius 3 is 3.14 bits per heavy atom. The van der Waals surface area contributed by atoms with Crippen molar-refractivity contribution in [1.82, 2.24) is 10.6 Å². The first-order valence-electron chi connectivity index (χ1n) is 5.24. The van der Waals surface area contributed by atoms with Gasteiger partial charge in [0.1, 0.15) is 0 Å². The normalized spacial score (nSPS) is 24.9. The van der Waals surface area contributed by atoms with Crippen LogP contribution in [0.15, 0.2) is 10.6 Å². The minimum atomic E-state index is -0.0294. The molecule has 0 aromatic heterocycles. The summed E-state index contributed by atoms with van der Waals surface area (Å²) in [7, 11) is 0. The third kappa shape index (κ3) is 1.90. The van der Waals surface area contributed by atoms with Crippen LogP contribution in [-0.2, 0) is 0 Å². The average Bonchev–Trinajstić information content (AvgIpc) is 2.66. The van der Waals surface area contributed by atoms with Gasteiger partial charge < -0.3 is 10.6 Å². The largest absolute Gasteiger partial charge is 0.329 e. The van der Waals surface area contributed by atoms with Gasteiger partial charge in [-0.15, -0.1) is 11.8 Å². The van der Waals surface area contributed by atoms with Gasteiger partial charge >= 0.3 is 6.03 Å². The fraction of sp³-hybridized carbons (Fsp3) is 0.700. The predicted molar refractivity (Wildman–Crippen MR) is 59.1 cm³/mol. The molecule has 2 heterocycles. The lowest BCUT2D eigenvalue weighted by Crippen LogP contribution is -2.27. The number of rotatable bonds is 4. The van der Waals surface area contributed by atoms with E-state index >= 15 is 0 Å². The van der Waals surface area contributed by atoms with Gasteiger partial charge in [0.05, 0.1) is 11.7 Å². The van der Waals surface area contributed by atoms with Gasteiger partial charge in [0.25, 0.3) is 0 Å². The van der Waals surface area contributed by atoms with Crippen LogP contribution in [0.5, 0.6) is 0 Å². The summed E-state index contributed by atoms with van der Waals surface area (Å²) in [5.74, 6) is 1.01. The molecule has 0 bridgehead atoms. The molecule has 4 heteroatoms. The van der Waals surface area contributed by atoms with E-state index in [1.807, 2.05) is 11.8 Å². The molecule has 14 heavy (non-hydrogen) atoms. The summed E-state index contributed by atoms with van der Waals surface area (Å²) in [6.07, 6.45) is 4.90. The number of unbranched alkanes of at least 4 members (excludes halogenated alkanes) is 2. The number of hydrogen-bond acceptors (Lipinski definition) is 2. The summed E-state index contributed by atoms with van der Waals surface area (Å²) in [4.78, 5) is 12.5. The maximum Gasteiger partial charge on any atom is 0.319 e. The lowest BCUT2D eigenvalue weighted by Gasteiger charge is -2.02. The molecule has 2 N–H and O–H groups in total. The number of amides is 2. The van der Waals surface area contributed by atoms with Crippen LogP contribution in [0.4, 0.5) is 4.79 Å². The topological polar surface area (TPSA) is 41.1 Å². The lowest BCUT2D eigenvalue weighted by molar-refractivity contribution is 0.248. The molecule has 0 aliphatic carbocycles. The van der Waals surface area contributed by atoms with Gasteiger partial charge in [0, 0.05) is 10.7 Å². The highest BCUT2D eigenvalue weighted by molar-refractivity contribution is 8.03. The summed E-state index contributed by atoms with van der Waals surface area (Å²) in [6.45, 7) is 2.21. The molecule has 0 aromatic carbocycles. The van der Waals surface area contributed by atoms with Crippen molar-refractivity contribution in [3.05, 3.63) is 10.6 Å². The molecular weight excluding hydrogens is 196 g/mol. The van der Waals surface area contributed by atoms with Crippen molar-refractivity contribution in [2.75, 3.05) is 5.75 Å². The van der Waals surface area contributed by atoms with Crippen LogP contribution in [-0.4, -0.2) is 17.8 Å². The van der Waals surface area contributed by atoms with Crippen LogP contribution in [0, 0.1) is 0 Å². The Hall–Kier alpha value is -0.640. The van der Waals surface area contributed by atoms with Crippen LogP contribution < -0.4 is 10.6 Å². The van der Waals surface area contributed by atoms with Crippen molar-refractivity contribution in [2.24, 2.45) is 0 Å². The van der Waals surface area contributed by atoms with Gasteiger partial charge in [-0.2, -0.15) is 0 Å². The van der Waals surface area contributed by atoms with Crippen LogP contribution in [0.3, 0.4) is 0 Å². The number of hydrogen-bond donors (Lipinski definition) is 2. The molecule has 1 unspecified atom stereocenters. The van der Waals surface area contributed by atoms with Crippen molar-refractivity contribution >= 4 is 17.8 Å². The Balaban J connectivity index is 1.94. The molecule has 2 amide bonds. The highest BCUT2D eigenvalue weighted by Crippen LogP contribution is 2.35. The van der Waals surface area contributed by atoms with Gasteiger partial charge in [-0.3, -0.25) is 0 Å². The van der Waals surface area contributed by atoms with Crippen LogP contribution in [0.25, 0.3) is 0 Å². The number of carbonyl (C=O) groups excluding carboxylic acids is 1. The van der Waals surface area contributed by atoms with Gasteiger partial charge in [0.15, 0.2) is 0 Å². The number of nitrogens with one attached hydrogen (secondary N) is 2. The van der Waals surface area contributed by atoms with E-state index in [2.05, 4.69) is 17.6 Å². The van der Waals surface area contributed by atoms with Gasteiger partial charge in [-0.1, -0.05) is 19.8 Å². The number of allylic oxidation sites excluding steroid dienone is 1. The number of thioether (sulfide) groups is 1. The highest BCUT2D eigenvalue weighted by atomic mass is 32.2. The van der Waals surface area contributed by atoms with Crippen LogP contribution in [0.1, 0.15) is 32.6 Å². The lowest BCUT2D eigenvalue weighted by atomic mass is 10.1. The van der Waals surface area contributed by atoms with E-state index in [0.29, 0.717) is 0 Å². The van der Waals surface area contributed by atoms with E-state index in [-0.39, 0.29) is 12.1 Å². The quantitative estimate of drug-likeness (QED) is 0.701. The van der Waals surface area contributed by atoms with Crippen molar-refractivity contribution in [3.8, 4) is 0 Å². The fourth-order valence-corrected chi connectivity index (χ4v) is 3.12. The van der Waals surface area contributed by atoms with Crippen molar-refractivity contribution in [2.45, 2.75) is 38.6 Å². The number of fused-ring (bicyclic) bond motifs is 1. The van der Waals surface area contributed by atoms with Crippen molar-refractivity contribution in [1.29, 1.82) is 0 Å². The second kappa shape index (κ2) is 4.26. The first-order chi connectivity index (χ1) is 6.81. The molecular formula is C10H16N2OS. The van der Waals surface area contributed by atoms with E-state index in [1.165, 1.54) is 24.2 Å². The second-order valence-electron chi connectivity index (χ2n) is 3.76. The first kappa shape index (κ1) is 9.90. The van der Waals surface area contributed by atoms with E-state index in [1.54, 1.807) is 0 Å². The summed E-state index contributed by atoms with van der Waals surface area (Å²) in [5, 5.41) is 5.81. The van der Waals surface area contributed by atoms with E-state index in [0.717, 1.165) is 17.9 Å². The molecule has 1 fully saturated rings. The minimum absolute atomic E-state index is 0.0294. The molecule has 0 saturated carbocycles. The second-order valence-corrected chi connectivity index (χ2v) is 4.87. The summed E-state index contributed by atoms with van der Waals surface area (Å²) >= 11 is 1.89. The molecule has 1 atom stereocenters. The summed E-state index contributed by atoms with van der Waals surface area (Å²) in [5.41, 5.74) is 1.15. The molecule has 0 radical (unpaired) electrons. The molecule has 2 aliphatic heterocycles. The molecule has 0 aromatic rings. The van der Waals surface area contributed by atoms with Crippen molar-refractivity contribution in [3.63, 3.8) is 0 Å². The molecule has 3 nitrogen and oxygen atoms in total. The SMILES string of the molecule is CCCCCC1=C2NC(=O)NC2CS1. The average molecular weight is 212 g/mol. The highest BCUT2D eigenvalue weighted by Gasteiger charge is 2.33. The Morgan fingerprint density at radius 1 is 1.50 bits per heavy atom. The van der Waals surface area contributed by atoms with E-state index < -0.39 is 0 Å². The molecule has 1 saturated heterocycles. The van der Waals surface area contributed by atoms with Gasteiger partial charge in [-0.25, -0.2) is 4.79 Å². The van der Waals surface area contributed by atoms with Crippen molar-refractivity contribution < 1.29 is 4.79 Å². The zero-order valence-electron chi connectivity index (χ0n) is 8.43. The molecule has 0 spiro atoms. The minimum Gasteiger partial charge on any atom is -0.329 e. The summed E-state index contributed by atoms with van der Waals surface area (Å²) < 4.78 is 0. The maximum absolute atomic E-state index is 11.1. The third-order valence-electron chi connectivity index (χ3n) is 2.63. The van der Waals surface area contributed by atoms with E-state index in [9.17, 15) is 4.79 Å². The Morgan fingerprint density at radius 2 is 2.36 bits per heavy atom. The molecule has 2 aliphatic rings. The number of urea groups is 1. The zero-order chi connectivity index (χ0) is 9.97. The Labute approximate surface area is 88.7 Å². The Kier molecular flexibility index (Phi) is 3.01. The summed E-state index contributed by atoms with van der Waals surface area (Å²) in [6, 6.07) is 0.238. The van der Waals surface area contributed by atoms with Gasteiger partial charge in [-0.05, 0) is 12.8 Å². The molecule has 78 valence electrons. The van der Waals surface area contributed by atoms with Crippen LogP contribution >= 0.6 is 11.8 Å². The molecule has 2 rings (SSSR count). The maximum atomic E-state index is 11.1. The fourth-order valence-electron chi connectivity index (χ4n) is 1.87.